The van der Waals surface area contributed by atoms with Crippen LogP contribution in [0.2, 0.25) is 5.02 Å². The van der Waals surface area contributed by atoms with Gasteiger partial charge in [-0.1, -0.05) is 11.6 Å². The van der Waals surface area contributed by atoms with E-state index in [2.05, 4.69) is 26.2 Å². The number of rotatable bonds is 2. The van der Waals surface area contributed by atoms with Gasteiger partial charge in [0.15, 0.2) is 10.9 Å². The fourth-order valence-corrected chi connectivity index (χ4v) is 3.46. The maximum atomic E-state index is 11.9. The van der Waals surface area contributed by atoms with E-state index in [0.29, 0.717) is 15.1 Å². The van der Waals surface area contributed by atoms with Gasteiger partial charge in [-0.05, 0) is 45.9 Å². The van der Waals surface area contributed by atoms with Gasteiger partial charge in [0.2, 0.25) is 5.91 Å². The number of esters is 1. The smallest absolute Gasteiger partial charge is 0.308 e. The third-order valence-corrected chi connectivity index (χ3v) is 4.18. The lowest BCUT2D eigenvalue weighted by atomic mass is 10.2. The molecule has 1 aliphatic heterocycles. The lowest BCUT2D eigenvalue weighted by molar-refractivity contribution is -0.132. The largest absolute Gasteiger partial charge is 0.425 e. The minimum atomic E-state index is -0.506. The average Bonchev–Trinajstić information content (AvgIpc) is 2.72. The molecule has 1 N–H and O–H groups in total. The second kappa shape index (κ2) is 7.29. The first-order valence-corrected chi connectivity index (χ1v) is 8.22. The van der Waals surface area contributed by atoms with Crippen LogP contribution in [0, 0.1) is 0 Å². The Balaban J connectivity index is 2.38. The number of carbonyl (C=O) groups excluding carboxylic acids is 3. The van der Waals surface area contributed by atoms with E-state index >= 15 is 0 Å². The summed E-state index contributed by atoms with van der Waals surface area (Å²) in [4.78, 5) is 38.2. The Kier molecular flexibility index (Phi) is 5.61. The number of amides is 2. The molecule has 0 saturated carbocycles. The molecule has 0 fully saturated rings. The minimum absolute atomic E-state index is 0.198. The number of nitrogens with zero attached hydrogens (tertiary/aromatic N) is 1. The zero-order valence-electron chi connectivity index (χ0n) is 12.0. The summed E-state index contributed by atoms with van der Waals surface area (Å²) in [5.41, 5.74) is 0.440. The molecule has 0 bridgehead atoms. The molecule has 1 aromatic rings. The third-order valence-electron chi connectivity index (χ3n) is 2.47. The predicted molar refractivity (Wildman–Crippen MR) is 92.3 cm³/mol. The summed E-state index contributed by atoms with van der Waals surface area (Å²) in [6.45, 7) is 2.59. The molecule has 0 unspecified atom stereocenters. The fraction of sp³-hybridized carbons (Fsp3) is 0.143. The Morgan fingerprint density at radius 1 is 1.39 bits per heavy atom. The third kappa shape index (κ3) is 4.66. The summed E-state index contributed by atoms with van der Waals surface area (Å²) in [6.07, 6.45) is 1.50. The highest BCUT2D eigenvalue weighted by Gasteiger charge is 2.23. The molecule has 9 heteroatoms. The molecule has 0 atom stereocenters. The Labute approximate surface area is 149 Å². The van der Waals surface area contributed by atoms with E-state index in [-0.39, 0.29) is 21.7 Å². The first-order valence-electron chi connectivity index (χ1n) is 6.24. The molecule has 0 radical (unpaired) electrons. The summed E-state index contributed by atoms with van der Waals surface area (Å²) >= 11 is 10.3. The molecule has 1 heterocycles. The zero-order valence-corrected chi connectivity index (χ0v) is 15.1. The Hall–Kier alpha value is -1.64. The van der Waals surface area contributed by atoms with Crippen LogP contribution in [0.5, 0.6) is 5.75 Å². The molecule has 0 aromatic heterocycles. The van der Waals surface area contributed by atoms with Gasteiger partial charge in [-0.3, -0.25) is 14.4 Å². The topological polar surface area (TPSA) is 84.8 Å². The van der Waals surface area contributed by atoms with E-state index in [1.165, 1.54) is 19.9 Å². The molecule has 0 spiro atoms. The van der Waals surface area contributed by atoms with Crippen molar-refractivity contribution in [2.45, 2.75) is 13.8 Å². The first kappa shape index (κ1) is 17.7. The number of halogens is 2. The normalized spacial score (nSPS) is 15.6. The van der Waals surface area contributed by atoms with Gasteiger partial charge in [-0.15, -0.1) is 0 Å². The average molecular weight is 418 g/mol. The fourth-order valence-electron chi connectivity index (χ4n) is 1.69. The van der Waals surface area contributed by atoms with Gasteiger partial charge in [0.1, 0.15) is 0 Å². The van der Waals surface area contributed by atoms with Crippen molar-refractivity contribution >= 4 is 68.3 Å². The van der Waals surface area contributed by atoms with Crippen LogP contribution in [0.1, 0.15) is 19.4 Å². The van der Waals surface area contributed by atoms with E-state index in [0.717, 1.165) is 11.8 Å². The molecule has 2 rings (SSSR count). The van der Waals surface area contributed by atoms with E-state index in [1.54, 1.807) is 12.1 Å². The van der Waals surface area contributed by atoms with Crippen LogP contribution >= 0.6 is 39.3 Å². The van der Waals surface area contributed by atoms with E-state index in [4.69, 9.17) is 16.3 Å². The molecule has 1 aromatic carbocycles. The van der Waals surface area contributed by atoms with E-state index < -0.39 is 11.9 Å². The first-order chi connectivity index (χ1) is 10.8. The number of hydrogen-bond donors (Lipinski definition) is 1. The number of benzene rings is 1. The van der Waals surface area contributed by atoms with Gasteiger partial charge >= 0.3 is 5.97 Å². The molecule has 6 nitrogen and oxygen atoms in total. The molecule has 0 saturated heterocycles. The standard InChI is InChI=1S/C14H10BrClN2O4S/c1-6(19)17-14-18-13(21)11(23-14)4-8-3-9(16)5-10(15)12(8)22-7(2)20/h3-5H,1-2H3,(H,17,18,19,21)/b11-4+. The van der Waals surface area contributed by atoms with Gasteiger partial charge in [0.05, 0.1) is 9.38 Å². The van der Waals surface area contributed by atoms with Gasteiger partial charge in [0.25, 0.3) is 5.91 Å². The maximum Gasteiger partial charge on any atom is 0.308 e. The van der Waals surface area contributed by atoms with E-state index in [1.807, 2.05) is 0 Å². The number of carbonyl (C=O) groups is 3. The van der Waals surface area contributed by atoms with Crippen LogP contribution in [0.4, 0.5) is 0 Å². The number of amidine groups is 1. The van der Waals surface area contributed by atoms with Gasteiger partial charge in [0, 0.05) is 24.4 Å². The van der Waals surface area contributed by atoms with Crippen molar-refractivity contribution < 1.29 is 19.1 Å². The van der Waals surface area contributed by atoms with Crippen LogP contribution in [-0.2, 0) is 14.4 Å². The summed E-state index contributed by atoms with van der Waals surface area (Å²) < 4.78 is 5.63. The highest BCUT2D eigenvalue weighted by molar-refractivity contribution is 9.10. The Bertz CT molecular complexity index is 776. The van der Waals surface area contributed by atoms with Crippen molar-refractivity contribution in [3.8, 4) is 5.75 Å². The monoisotopic (exact) mass is 416 g/mol. The number of ether oxygens (including phenoxy) is 1. The Morgan fingerprint density at radius 2 is 2.09 bits per heavy atom. The predicted octanol–water partition coefficient (Wildman–Crippen LogP) is 3.13. The van der Waals surface area contributed by atoms with Crippen LogP contribution < -0.4 is 10.1 Å². The number of aliphatic imine (C=N–C) groups is 1. The molecule has 23 heavy (non-hydrogen) atoms. The SMILES string of the molecule is CC(=O)NC1=NC(=O)/C(=C\c2cc(Cl)cc(Br)c2OC(C)=O)S1. The minimum Gasteiger partial charge on any atom is -0.425 e. The van der Waals surface area contributed by atoms with Crippen LogP contribution in [0.3, 0.4) is 0 Å². The zero-order chi connectivity index (χ0) is 17.1. The van der Waals surface area contributed by atoms with Gasteiger partial charge in [-0.25, -0.2) is 0 Å². The van der Waals surface area contributed by atoms with Crippen molar-refractivity contribution in [3.05, 3.63) is 32.1 Å². The lowest BCUT2D eigenvalue weighted by Crippen LogP contribution is -2.23. The second-order valence-corrected chi connectivity index (χ2v) is 6.73. The van der Waals surface area contributed by atoms with Gasteiger partial charge < -0.3 is 10.1 Å². The van der Waals surface area contributed by atoms with Crippen LogP contribution in [0.25, 0.3) is 6.08 Å². The van der Waals surface area contributed by atoms with Crippen LogP contribution in [-0.4, -0.2) is 23.0 Å². The molecular formula is C14H10BrClN2O4S. The Morgan fingerprint density at radius 3 is 2.70 bits per heavy atom. The van der Waals surface area contributed by atoms with Crippen LogP contribution in [0.15, 0.2) is 26.5 Å². The van der Waals surface area contributed by atoms with Crippen molar-refractivity contribution in [2.75, 3.05) is 0 Å². The second-order valence-electron chi connectivity index (χ2n) is 4.41. The maximum absolute atomic E-state index is 11.9. The quantitative estimate of drug-likeness (QED) is 0.454. The lowest BCUT2D eigenvalue weighted by Gasteiger charge is -2.09. The van der Waals surface area contributed by atoms with Crippen molar-refractivity contribution in [3.63, 3.8) is 0 Å². The highest BCUT2D eigenvalue weighted by Crippen LogP contribution is 2.36. The van der Waals surface area contributed by atoms with Crippen molar-refractivity contribution in [2.24, 2.45) is 4.99 Å². The molecule has 120 valence electrons. The highest BCUT2D eigenvalue weighted by atomic mass is 79.9. The summed E-state index contributed by atoms with van der Waals surface area (Å²) in [7, 11) is 0. The van der Waals surface area contributed by atoms with Crippen molar-refractivity contribution in [1.29, 1.82) is 0 Å². The number of thioether (sulfide) groups is 1. The molecular weight excluding hydrogens is 408 g/mol. The van der Waals surface area contributed by atoms with Crippen molar-refractivity contribution in [1.82, 2.24) is 5.32 Å². The summed E-state index contributed by atoms with van der Waals surface area (Å²) in [5, 5.41) is 3.05. The van der Waals surface area contributed by atoms with E-state index in [9.17, 15) is 14.4 Å². The van der Waals surface area contributed by atoms with Gasteiger partial charge in [-0.2, -0.15) is 4.99 Å². The molecule has 1 aliphatic rings. The summed E-state index contributed by atoms with van der Waals surface area (Å²) in [6, 6.07) is 3.13. The number of hydrogen-bond acceptors (Lipinski definition) is 5. The molecule has 0 aliphatic carbocycles. The number of nitrogens with one attached hydrogen (secondary N) is 1. The molecule has 2 amide bonds. The summed E-state index contributed by atoms with van der Waals surface area (Å²) in [5.74, 6) is -1.08.